The number of nitrogens with two attached hydrogens (primary N) is 1. The smallest absolute Gasteiger partial charge is 0.258 e. The first kappa shape index (κ1) is 15.1. The van der Waals surface area contributed by atoms with Crippen molar-refractivity contribution in [3.8, 4) is 0 Å². The van der Waals surface area contributed by atoms with Gasteiger partial charge in [-0.3, -0.25) is 10.1 Å². The first-order valence-electron chi connectivity index (χ1n) is 6.26. The highest BCUT2D eigenvalue weighted by Crippen LogP contribution is 2.22. The highest BCUT2D eigenvalue weighted by atomic mass is 35.5. The fourth-order valence-electron chi connectivity index (χ4n) is 1.86. The minimum absolute atomic E-state index is 0.167. The van der Waals surface area contributed by atoms with E-state index in [-0.39, 0.29) is 17.0 Å². The Hall–Kier alpha value is -2.34. The zero-order valence-corrected chi connectivity index (χ0v) is 12.8. The third-order valence-corrected chi connectivity index (χ3v) is 3.01. The lowest BCUT2D eigenvalue weighted by molar-refractivity contribution is 0.102. The Kier molecular flexibility index (Phi) is 4.28. The van der Waals surface area contributed by atoms with Gasteiger partial charge in [0.15, 0.2) is 0 Å². The van der Waals surface area contributed by atoms with Gasteiger partial charge >= 0.3 is 0 Å². The Morgan fingerprint density at radius 3 is 2.57 bits per heavy atom. The Balaban J connectivity index is 2.22. The molecule has 0 spiro atoms. The lowest BCUT2D eigenvalue weighted by Crippen LogP contribution is -2.16. The number of hydrogen-bond acceptors (Lipinski definition) is 5. The minimum Gasteiger partial charge on any atom is -0.397 e. The molecular formula is C14H16ClN5O. The topological polar surface area (TPSA) is 84.1 Å². The van der Waals surface area contributed by atoms with Gasteiger partial charge in [-0.1, -0.05) is 11.6 Å². The molecule has 0 aliphatic carbocycles. The van der Waals surface area contributed by atoms with E-state index in [1.54, 1.807) is 31.2 Å². The molecule has 1 aromatic heterocycles. The molecule has 0 bridgehead atoms. The van der Waals surface area contributed by atoms with Crippen LogP contribution in [0.1, 0.15) is 16.1 Å². The Morgan fingerprint density at radius 1 is 1.29 bits per heavy atom. The Bertz CT molecular complexity index is 667. The molecule has 21 heavy (non-hydrogen) atoms. The lowest BCUT2D eigenvalue weighted by atomic mass is 10.1. The molecule has 0 saturated heterocycles. The van der Waals surface area contributed by atoms with Crippen molar-refractivity contribution in [2.45, 2.75) is 6.92 Å². The van der Waals surface area contributed by atoms with E-state index in [0.717, 1.165) is 5.69 Å². The lowest BCUT2D eigenvalue weighted by Gasteiger charge is -2.15. The SMILES string of the molecule is Cc1cc(Cl)nc(NC(=O)c2ccc(N(C)C)c(N)c2)n1. The number of nitrogens with one attached hydrogen (secondary N) is 1. The summed E-state index contributed by atoms with van der Waals surface area (Å²) in [5.41, 5.74) is 8.40. The average molecular weight is 306 g/mol. The molecule has 0 unspecified atom stereocenters. The van der Waals surface area contributed by atoms with Crippen LogP contribution in [0.25, 0.3) is 0 Å². The van der Waals surface area contributed by atoms with Crippen molar-refractivity contribution in [2.75, 3.05) is 30.0 Å². The molecule has 2 aromatic rings. The number of aryl methyl sites for hydroxylation is 1. The van der Waals surface area contributed by atoms with Gasteiger partial charge in [-0.05, 0) is 31.2 Å². The number of carbonyl (C=O) groups excluding carboxylic acids is 1. The first-order valence-corrected chi connectivity index (χ1v) is 6.64. The second-order valence-electron chi connectivity index (χ2n) is 4.78. The Labute approximate surface area is 128 Å². The van der Waals surface area contributed by atoms with Gasteiger partial charge < -0.3 is 10.6 Å². The normalized spacial score (nSPS) is 10.3. The number of carbonyl (C=O) groups is 1. The predicted molar refractivity (Wildman–Crippen MR) is 84.9 cm³/mol. The number of halogens is 1. The summed E-state index contributed by atoms with van der Waals surface area (Å²) in [6, 6.07) is 6.70. The third kappa shape index (κ3) is 3.61. The molecular weight excluding hydrogens is 290 g/mol. The largest absolute Gasteiger partial charge is 0.397 e. The molecule has 0 fully saturated rings. The molecule has 0 atom stereocenters. The molecule has 1 aromatic carbocycles. The van der Waals surface area contributed by atoms with E-state index < -0.39 is 0 Å². The number of hydrogen-bond donors (Lipinski definition) is 2. The van der Waals surface area contributed by atoms with E-state index in [4.69, 9.17) is 17.3 Å². The maximum atomic E-state index is 12.2. The van der Waals surface area contributed by atoms with Crippen molar-refractivity contribution in [3.05, 3.63) is 40.7 Å². The number of nitrogens with zero attached hydrogens (tertiary/aromatic N) is 3. The summed E-state index contributed by atoms with van der Waals surface area (Å²) in [5, 5.41) is 2.88. The van der Waals surface area contributed by atoms with Crippen LogP contribution in [0.3, 0.4) is 0 Å². The summed E-state index contributed by atoms with van der Waals surface area (Å²) in [6.45, 7) is 1.77. The number of anilines is 3. The first-order chi connectivity index (χ1) is 9.86. The molecule has 0 aliphatic heterocycles. The molecule has 6 nitrogen and oxygen atoms in total. The van der Waals surface area contributed by atoms with Crippen molar-refractivity contribution in [1.29, 1.82) is 0 Å². The summed E-state index contributed by atoms with van der Waals surface area (Å²) in [4.78, 5) is 22.1. The van der Waals surface area contributed by atoms with Crippen molar-refractivity contribution in [1.82, 2.24) is 9.97 Å². The van der Waals surface area contributed by atoms with E-state index in [9.17, 15) is 4.79 Å². The summed E-state index contributed by atoms with van der Waals surface area (Å²) in [6.07, 6.45) is 0. The van der Waals surface area contributed by atoms with Crippen LogP contribution in [0.4, 0.5) is 17.3 Å². The fraction of sp³-hybridized carbons (Fsp3) is 0.214. The number of aromatic nitrogens is 2. The quantitative estimate of drug-likeness (QED) is 0.671. The van der Waals surface area contributed by atoms with Crippen LogP contribution in [-0.4, -0.2) is 30.0 Å². The highest BCUT2D eigenvalue weighted by Gasteiger charge is 2.11. The Morgan fingerprint density at radius 2 is 2.00 bits per heavy atom. The summed E-state index contributed by atoms with van der Waals surface area (Å²) in [7, 11) is 3.77. The zero-order chi connectivity index (χ0) is 15.6. The summed E-state index contributed by atoms with van der Waals surface area (Å²) < 4.78 is 0. The van der Waals surface area contributed by atoms with Crippen molar-refractivity contribution in [3.63, 3.8) is 0 Å². The fourth-order valence-corrected chi connectivity index (χ4v) is 2.10. The van der Waals surface area contributed by atoms with Crippen LogP contribution in [-0.2, 0) is 0 Å². The van der Waals surface area contributed by atoms with Crippen molar-refractivity contribution < 1.29 is 4.79 Å². The molecule has 1 heterocycles. The summed E-state index contributed by atoms with van der Waals surface area (Å²) >= 11 is 5.83. The molecule has 0 aliphatic rings. The van der Waals surface area contributed by atoms with E-state index in [2.05, 4.69) is 15.3 Å². The molecule has 3 N–H and O–H groups in total. The molecule has 2 rings (SSSR count). The second-order valence-corrected chi connectivity index (χ2v) is 5.17. The molecule has 0 radical (unpaired) electrons. The van der Waals surface area contributed by atoms with Crippen molar-refractivity contribution >= 4 is 34.8 Å². The predicted octanol–water partition coefficient (Wildman–Crippen LogP) is 2.34. The minimum atomic E-state index is -0.339. The number of nitrogen functional groups attached to an aromatic ring is 1. The van der Waals surface area contributed by atoms with E-state index in [1.807, 2.05) is 19.0 Å². The number of rotatable bonds is 3. The van der Waals surface area contributed by atoms with Gasteiger partial charge in [0.2, 0.25) is 5.95 Å². The van der Waals surface area contributed by atoms with Crippen molar-refractivity contribution in [2.24, 2.45) is 0 Å². The number of amides is 1. The maximum Gasteiger partial charge on any atom is 0.258 e. The molecule has 0 saturated carbocycles. The number of benzene rings is 1. The van der Waals surface area contributed by atoms with Gasteiger partial charge in [0, 0.05) is 25.4 Å². The van der Waals surface area contributed by atoms with Gasteiger partial charge in [0.1, 0.15) is 5.15 Å². The van der Waals surface area contributed by atoms with Crippen LogP contribution in [0.2, 0.25) is 5.15 Å². The van der Waals surface area contributed by atoms with Gasteiger partial charge in [-0.15, -0.1) is 0 Å². The molecule has 7 heteroatoms. The van der Waals surface area contributed by atoms with E-state index in [0.29, 0.717) is 16.9 Å². The third-order valence-electron chi connectivity index (χ3n) is 2.82. The van der Waals surface area contributed by atoms with Crippen LogP contribution < -0.4 is 16.0 Å². The van der Waals surface area contributed by atoms with E-state index in [1.165, 1.54) is 0 Å². The van der Waals surface area contributed by atoms with Crippen LogP contribution in [0, 0.1) is 6.92 Å². The molecule has 1 amide bonds. The van der Waals surface area contributed by atoms with Gasteiger partial charge in [-0.25, -0.2) is 9.97 Å². The van der Waals surface area contributed by atoms with Gasteiger partial charge in [0.25, 0.3) is 5.91 Å². The second kappa shape index (κ2) is 5.97. The summed E-state index contributed by atoms with van der Waals surface area (Å²) in [5.74, 6) is -0.172. The van der Waals surface area contributed by atoms with Gasteiger partial charge in [0.05, 0.1) is 11.4 Å². The molecule has 110 valence electrons. The highest BCUT2D eigenvalue weighted by molar-refractivity contribution is 6.29. The van der Waals surface area contributed by atoms with E-state index >= 15 is 0 Å². The maximum absolute atomic E-state index is 12.2. The standard InChI is InChI=1S/C14H16ClN5O/c1-8-6-12(15)18-14(17-8)19-13(21)9-4-5-11(20(2)3)10(16)7-9/h4-7H,16H2,1-3H3,(H,17,18,19,21). The van der Waals surface area contributed by atoms with Crippen LogP contribution >= 0.6 is 11.6 Å². The monoisotopic (exact) mass is 305 g/mol. The van der Waals surface area contributed by atoms with Crippen LogP contribution in [0.5, 0.6) is 0 Å². The zero-order valence-electron chi connectivity index (χ0n) is 12.0. The van der Waals surface area contributed by atoms with Gasteiger partial charge in [-0.2, -0.15) is 0 Å². The van der Waals surface area contributed by atoms with Crippen LogP contribution in [0.15, 0.2) is 24.3 Å². The average Bonchev–Trinajstić information content (AvgIpc) is 2.36.